The number of rotatable bonds is 3. The molecule has 4 aliphatic rings. The number of likely N-dealkylation sites (tertiary alicyclic amines) is 1. The molecule has 3 heterocycles. The van der Waals surface area contributed by atoms with Gasteiger partial charge in [-0.1, -0.05) is 6.58 Å². The van der Waals surface area contributed by atoms with Crippen LogP contribution in [0.15, 0.2) is 12.7 Å². The molecule has 0 radical (unpaired) electrons. The van der Waals surface area contributed by atoms with Gasteiger partial charge in [-0.2, -0.15) is 0 Å². The summed E-state index contributed by atoms with van der Waals surface area (Å²) in [5.74, 6) is -1.92. The highest BCUT2D eigenvalue weighted by Gasteiger charge is 2.47. The van der Waals surface area contributed by atoms with Crippen molar-refractivity contribution in [2.45, 2.75) is 68.7 Å². The van der Waals surface area contributed by atoms with Crippen molar-refractivity contribution in [1.82, 2.24) is 26.0 Å². The first-order valence-electron chi connectivity index (χ1n) is 10.6. The number of fused-ring (bicyclic) bond motifs is 1. The van der Waals surface area contributed by atoms with Crippen LogP contribution in [0.2, 0.25) is 0 Å². The fourth-order valence-electron chi connectivity index (χ4n) is 5.60. The number of piperidine rings is 1. The number of hydrogen-bond donors (Lipinski definition) is 3. The van der Waals surface area contributed by atoms with Crippen LogP contribution in [0.5, 0.6) is 0 Å². The molecular formula is C20H33F2N5O. The molecular weight excluding hydrogens is 364 g/mol. The lowest BCUT2D eigenvalue weighted by atomic mass is 9.76. The molecule has 0 aromatic rings. The van der Waals surface area contributed by atoms with E-state index in [1.54, 1.807) is 0 Å². The fourth-order valence-corrected chi connectivity index (χ4v) is 5.60. The Morgan fingerprint density at radius 1 is 1.11 bits per heavy atom. The predicted octanol–water partition coefficient (Wildman–Crippen LogP) is 1.31. The van der Waals surface area contributed by atoms with Gasteiger partial charge >= 0.3 is 0 Å². The van der Waals surface area contributed by atoms with Crippen LogP contribution in [-0.2, 0) is 4.79 Å². The summed E-state index contributed by atoms with van der Waals surface area (Å²) in [6, 6.07) is 0.808. The molecule has 3 N–H and O–H groups in total. The Kier molecular flexibility index (Phi) is 5.75. The van der Waals surface area contributed by atoms with Crippen molar-refractivity contribution in [2.24, 2.45) is 11.8 Å². The number of halogens is 2. The van der Waals surface area contributed by atoms with Crippen LogP contribution in [-0.4, -0.2) is 72.7 Å². The Morgan fingerprint density at radius 3 is 2.50 bits per heavy atom. The second-order valence-electron chi connectivity index (χ2n) is 9.02. The highest BCUT2D eigenvalue weighted by atomic mass is 19.3. The van der Waals surface area contributed by atoms with E-state index < -0.39 is 5.92 Å². The Balaban J connectivity index is 1.50. The first-order chi connectivity index (χ1) is 13.4. The molecule has 4 fully saturated rings. The van der Waals surface area contributed by atoms with Gasteiger partial charge in [0.1, 0.15) is 0 Å². The van der Waals surface area contributed by atoms with Crippen LogP contribution in [0, 0.1) is 11.8 Å². The third kappa shape index (κ3) is 4.10. The zero-order valence-corrected chi connectivity index (χ0v) is 16.7. The highest BCUT2D eigenvalue weighted by molar-refractivity contribution is 5.87. The largest absolute Gasteiger partial charge is 0.338 e. The molecule has 6 nitrogen and oxygen atoms in total. The second kappa shape index (κ2) is 7.97. The van der Waals surface area contributed by atoms with Gasteiger partial charge in [-0.3, -0.25) is 20.9 Å². The summed E-state index contributed by atoms with van der Waals surface area (Å²) in [7, 11) is 2.06. The number of carbonyl (C=O) groups excluding carboxylic acids is 1. The molecule has 1 saturated carbocycles. The number of carbonyl (C=O) groups is 1. The first-order valence-corrected chi connectivity index (χ1v) is 10.6. The molecule has 1 amide bonds. The maximum Gasteiger partial charge on any atom is 0.248 e. The highest BCUT2D eigenvalue weighted by Crippen LogP contribution is 2.39. The van der Waals surface area contributed by atoms with Gasteiger partial charge in [-0.15, -0.1) is 0 Å². The van der Waals surface area contributed by atoms with Crippen molar-refractivity contribution in [3.8, 4) is 0 Å². The molecule has 3 aliphatic heterocycles. The summed E-state index contributed by atoms with van der Waals surface area (Å²) in [6.07, 6.45) is 4.43. The third-order valence-electron chi connectivity index (χ3n) is 7.21. The number of nitrogens with one attached hydrogen (secondary N) is 3. The monoisotopic (exact) mass is 397 g/mol. The molecule has 4 rings (SSSR count). The summed E-state index contributed by atoms with van der Waals surface area (Å²) < 4.78 is 27.3. The fraction of sp³-hybridized carbons (Fsp3) is 0.850. The maximum atomic E-state index is 13.6. The van der Waals surface area contributed by atoms with Crippen molar-refractivity contribution in [3.63, 3.8) is 0 Å². The lowest BCUT2D eigenvalue weighted by Crippen LogP contribution is -2.73. The summed E-state index contributed by atoms with van der Waals surface area (Å²) in [5.41, 5.74) is 3.56. The average molecular weight is 398 g/mol. The zero-order chi connectivity index (χ0) is 19.9. The molecule has 5 unspecified atom stereocenters. The van der Waals surface area contributed by atoms with E-state index in [9.17, 15) is 13.6 Å². The van der Waals surface area contributed by atoms with Gasteiger partial charge in [0.25, 0.3) is 0 Å². The van der Waals surface area contributed by atoms with E-state index >= 15 is 0 Å². The van der Waals surface area contributed by atoms with Crippen molar-refractivity contribution in [2.75, 3.05) is 26.7 Å². The minimum Gasteiger partial charge on any atom is -0.338 e. The average Bonchev–Trinajstić information content (AvgIpc) is 3.12. The topological polar surface area (TPSA) is 59.6 Å². The van der Waals surface area contributed by atoms with Gasteiger partial charge in [-0.05, 0) is 43.6 Å². The summed E-state index contributed by atoms with van der Waals surface area (Å²) in [5, 5.41) is 9.64. The molecule has 8 heteroatoms. The summed E-state index contributed by atoms with van der Waals surface area (Å²) >= 11 is 0. The minimum atomic E-state index is -2.51. The van der Waals surface area contributed by atoms with E-state index in [1.807, 2.05) is 4.90 Å². The SMILES string of the molecule is C=CC(=O)N1CCC2C(C1)NC(C1CCC(F)(F)CC1)NC2C1CCN(C)N1. The molecule has 0 aromatic heterocycles. The van der Waals surface area contributed by atoms with Crippen molar-refractivity contribution in [1.29, 1.82) is 0 Å². The number of alkyl halides is 2. The smallest absolute Gasteiger partial charge is 0.248 e. The molecule has 28 heavy (non-hydrogen) atoms. The predicted molar refractivity (Wildman–Crippen MR) is 104 cm³/mol. The minimum absolute atomic E-state index is 0.0221. The Labute approximate surface area is 166 Å². The van der Waals surface area contributed by atoms with E-state index in [0.29, 0.717) is 31.3 Å². The van der Waals surface area contributed by atoms with E-state index in [1.165, 1.54) is 6.08 Å². The van der Waals surface area contributed by atoms with Crippen LogP contribution < -0.4 is 16.1 Å². The van der Waals surface area contributed by atoms with Crippen LogP contribution in [0.3, 0.4) is 0 Å². The van der Waals surface area contributed by atoms with Gasteiger partial charge in [0, 0.05) is 57.6 Å². The van der Waals surface area contributed by atoms with Crippen LogP contribution >= 0.6 is 0 Å². The van der Waals surface area contributed by atoms with Crippen LogP contribution in [0.25, 0.3) is 0 Å². The van der Waals surface area contributed by atoms with E-state index in [-0.39, 0.29) is 42.9 Å². The molecule has 1 aliphatic carbocycles. The van der Waals surface area contributed by atoms with Crippen molar-refractivity contribution >= 4 is 5.91 Å². The number of amides is 1. The van der Waals surface area contributed by atoms with Gasteiger partial charge in [0.05, 0.1) is 6.17 Å². The Hall–Kier alpha value is -1.09. The van der Waals surface area contributed by atoms with E-state index in [2.05, 4.69) is 34.7 Å². The molecule has 0 aromatic carbocycles. The number of hydrogen-bond acceptors (Lipinski definition) is 5. The molecule has 0 spiro atoms. The molecule has 0 bridgehead atoms. The summed E-state index contributed by atoms with van der Waals surface area (Å²) in [4.78, 5) is 14.0. The van der Waals surface area contributed by atoms with E-state index in [4.69, 9.17) is 0 Å². The second-order valence-corrected chi connectivity index (χ2v) is 9.02. The lowest BCUT2D eigenvalue weighted by molar-refractivity contribution is -0.129. The van der Waals surface area contributed by atoms with E-state index in [0.717, 1.165) is 25.9 Å². The summed E-state index contributed by atoms with van der Waals surface area (Å²) in [6.45, 7) is 6.03. The van der Waals surface area contributed by atoms with Crippen LogP contribution in [0.4, 0.5) is 8.78 Å². The quantitative estimate of drug-likeness (QED) is 0.627. The van der Waals surface area contributed by atoms with Gasteiger partial charge in [0.2, 0.25) is 11.8 Å². The van der Waals surface area contributed by atoms with Gasteiger partial charge in [0.15, 0.2) is 0 Å². The van der Waals surface area contributed by atoms with Gasteiger partial charge < -0.3 is 4.90 Å². The molecule has 5 atom stereocenters. The van der Waals surface area contributed by atoms with Crippen molar-refractivity contribution < 1.29 is 13.6 Å². The van der Waals surface area contributed by atoms with Crippen molar-refractivity contribution in [3.05, 3.63) is 12.7 Å². The standard InChI is InChI=1S/C20H33F2N5O/c1-3-17(28)27-11-6-14-16(12-27)23-19(13-4-8-20(21,22)9-5-13)24-18(14)15-7-10-26(2)25-15/h3,13-16,18-19,23-25H,1,4-12H2,2H3. The Morgan fingerprint density at radius 2 is 1.86 bits per heavy atom. The number of nitrogens with zero attached hydrogens (tertiary/aromatic N) is 2. The normalized spacial score (nSPS) is 39.5. The first kappa shape index (κ1) is 20.2. The zero-order valence-electron chi connectivity index (χ0n) is 16.7. The third-order valence-corrected chi connectivity index (χ3v) is 7.21. The lowest BCUT2D eigenvalue weighted by Gasteiger charge is -2.52. The number of hydrazine groups is 1. The van der Waals surface area contributed by atoms with Crippen LogP contribution in [0.1, 0.15) is 38.5 Å². The molecule has 158 valence electrons. The molecule has 3 saturated heterocycles. The van der Waals surface area contributed by atoms with Gasteiger partial charge in [-0.25, -0.2) is 13.8 Å². The maximum absolute atomic E-state index is 13.6. The Bertz CT molecular complexity index is 593.